The Morgan fingerprint density at radius 3 is 2.59 bits per heavy atom. The third-order valence-electron chi connectivity index (χ3n) is 2.90. The van der Waals surface area contributed by atoms with E-state index in [9.17, 15) is 9.59 Å². The molecule has 0 bridgehead atoms. The van der Waals surface area contributed by atoms with E-state index >= 15 is 0 Å². The summed E-state index contributed by atoms with van der Waals surface area (Å²) in [6.45, 7) is 1.98. The van der Waals surface area contributed by atoms with Crippen molar-refractivity contribution in [3.8, 4) is 5.75 Å². The third-order valence-corrected chi connectivity index (χ3v) is 3.98. The fraction of sp³-hybridized carbons (Fsp3) is 0.357. The molecule has 2 unspecified atom stereocenters. The molecule has 118 valence electrons. The Kier molecular flexibility index (Phi) is 5.26. The van der Waals surface area contributed by atoms with Crippen molar-refractivity contribution >= 4 is 29.0 Å². The lowest BCUT2D eigenvalue weighted by Gasteiger charge is -2.16. The van der Waals surface area contributed by atoms with Gasteiger partial charge in [-0.3, -0.25) is 4.79 Å². The number of nitrogens with zero attached hydrogens (tertiary/aromatic N) is 1. The Morgan fingerprint density at radius 1 is 1.36 bits per heavy atom. The van der Waals surface area contributed by atoms with Crippen LogP contribution in [0.5, 0.6) is 5.75 Å². The van der Waals surface area contributed by atoms with Gasteiger partial charge in [0, 0.05) is 0 Å². The van der Waals surface area contributed by atoms with Gasteiger partial charge in [0.05, 0.1) is 13.7 Å². The van der Waals surface area contributed by atoms with Gasteiger partial charge < -0.3 is 19.9 Å². The van der Waals surface area contributed by atoms with Crippen molar-refractivity contribution in [1.82, 2.24) is 0 Å². The number of aliphatic imine (C=N–C) groups is 1. The fourth-order valence-electron chi connectivity index (χ4n) is 1.94. The first-order valence-corrected chi connectivity index (χ1v) is 7.45. The lowest BCUT2D eigenvalue weighted by molar-refractivity contribution is -0.144. The second-order valence-corrected chi connectivity index (χ2v) is 5.41. The molecule has 0 aliphatic carbocycles. The fourth-order valence-corrected chi connectivity index (χ4v) is 2.96. The molecule has 1 aromatic carbocycles. The molecule has 2 rings (SSSR count). The summed E-state index contributed by atoms with van der Waals surface area (Å²) in [6, 6.07) is 6.21. The quantitative estimate of drug-likeness (QED) is 0.849. The van der Waals surface area contributed by atoms with Crippen LogP contribution in [0.1, 0.15) is 18.6 Å². The van der Waals surface area contributed by atoms with Gasteiger partial charge in [0.25, 0.3) is 5.23 Å². The first-order valence-electron chi connectivity index (χ1n) is 6.57. The van der Waals surface area contributed by atoms with Gasteiger partial charge in [0.15, 0.2) is 5.25 Å². The molecular weight excluding hydrogens is 308 g/mol. The molecule has 1 aromatic rings. The summed E-state index contributed by atoms with van der Waals surface area (Å²) >= 11 is 1.02. The number of rotatable bonds is 4. The molecule has 1 saturated heterocycles. The van der Waals surface area contributed by atoms with Crippen molar-refractivity contribution in [1.29, 1.82) is 0 Å². The van der Waals surface area contributed by atoms with Crippen molar-refractivity contribution in [2.24, 2.45) is 10.7 Å². The summed E-state index contributed by atoms with van der Waals surface area (Å²) in [6.07, 6.45) is -0.604. The number of ether oxygens (including phenoxy) is 3. The summed E-state index contributed by atoms with van der Waals surface area (Å²) in [7, 11) is 1.57. The Labute approximate surface area is 131 Å². The molecule has 1 fully saturated rings. The minimum absolute atomic E-state index is 0.0615. The molecule has 2 N–H and O–H groups in total. The molecule has 1 aliphatic rings. The minimum atomic E-state index is -0.875. The predicted molar refractivity (Wildman–Crippen MR) is 81.9 cm³/mol. The van der Waals surface area contributed by atoms with Crippen LogP contribution in [-0.2, 0) is 14.3 Å². The number of thioether (sulfide) groups is 1. The van der Waals surface area contributed by atoms with Crippen molar-refractivity contribution < 1.29 is 23.8 Å². The summed E-state index contributed by atoms with van der Waals surface area (Å²) in [4.78, 5) is 26.5. The van der Waals surface area contributed by atoms with Crippen LogP contribution in [0.15, 0.2) is 29.3 Å². The highest BCUT2D eigenvalue weighted by atomic mass is 32.2. The van der Waals surface area contributed by atoms with Crippen LogP contribution in [0.4, 0.5) is 4.79 Å². The van der Waals surface area contributed by atoms with Crippen LogP contribution < -0.4 is 10.5 Å². The number of hydrogen-bond acceptors (Lipinski definition) is 6. The van der Waals surface area contributed by atoms with E-state index < -0.39 is 23.4 Å². The normalized spacial score (nSPS) is 22.2. The number of hydrogen-bond donors (Lipinski definition) is 1. The standard InChI is InChI=1S/C14H16N2O5S/c1-3-20-12(17)11-10(21-14(22-11)16-13(15)18)8-4-6-9(19-2)7-5-8/h4-7,10-11H,3H2,1-2H3,(H2,15,18)/b16-14-. The van der Waals surface area contributed by atoms with Crippen LogP contribution >= 0.6 is 11.8 Å². The number of benzene rings is 1. The average molecular weight is 324 g/mol. The molecule has 2 atom stereocenters. The number of methoxy groups -OCH3 is 1. The van der Waals surface area contributed by atoms with Crippen molar-refractivity contribution in [3.05, 3.63) is 29.8 Å². The second kappa shape index (κ2) is 7.17. The summed E-state index contributed by atoms with van der Waals surface area (Å²) < 4.78 is 15.7. The second-order valence-electron chi connectivity index (χ2n) is 4.32. The van der Waals surface area contributed by atoms with Crippen LogP contribution in [-0.4, -0.2) is 36.2 Å². The van der Waals surface area contributed by atoms with Gasteiger partial charge >= 0.3 is 12.0 Å². The van der Waals surface area contributed by atoms with E-state index in [2.05, 4.69) is 4.99 Å². The highest BCUT2D eigenvalue weighted by Gasteiger charge is 2.42. The number of esters is 1. The molecule has 0 aromatic heterocycles. The Bertz CT molecular complexity index is 587. The van der Waals surface area contributed by atoms with E-state index in [0.717, 1.165) is 17.3 Å². The summed E-state index contributed by atoms with van der Waals surface area (Å²) in [5, 5.41) is -0.585. The van der Waals surface area contributed by atoms with E-state index in [1.807, 2.05) is 0 Å². The number of nitrogens with two attached hydrogens (primary N) is 1. The molecule has 0 saturated carbocycles. The zero-order valence-corrected chi connectivity index (χ0v) is 13.0. The van der Waals surface area contributed by atoms with E-state index in [-0.39, 0.29) is 11.8 Å². The third kappa shape index (κ3) is 3.70. The van der Waals surface area contributed by atoms with Crippen LogP contribution in [0.3, 0.4) is 0 Å². The van der Waals surface area contributed by atoms with Crippen LogP contribution in [0.25, 0.3) is 0 Å². The highest BCUT2D eigenvalue weighted by Crippen LogP contribution is 2.40. The maximum absolute atomic E-state index is 12.1. The Morgan fingerprint density at radius 2 is 2.05 bits per heavy atom. The number of carbonyl (C=O) groups excluding carboxylic acids is 2. The van der Waals surface area contributed by atoms with Gasteiger partial charge in [-0.05, 0) is 36.4 Å². The molecule has 8 heteroatoms. The SMILES string of the molecule is CCOC(=O)C1S/C(=N\C(N)=O)OC1c1ccc(OC)cc1. The van der Waals surface area contributed by atoms with Gasteiger partial charge in [-0.1, -0.05) is 12.1 Å². The summed E-state index contributed by atoms with van der Waals surface area (Å²) in [5.41, 5.74) is 5.77. The monoisotopic (exact) mass is 324 g/mol. The number of amides is 2. The molecule has 0 spiro atoms. The average Bonchev–Trinajstić information content (AvgIpc) is 2.90. The first kappa shape index (κ1) is 16.2. The molecule has 1 heterocycles. The van der Waals surface area contributed by atoms with Crippen molar-refractivity contribution in [2.45, 2.75) is 18.3 Å². The molecular formula is C14H16N2O5S. The molecule has 1 aliphatic heterocycles. The molecule has 0 radical (unpaired) electrons. The lowest BCUT2D eigenvalue weighted by atomic mass is 10.1. The van der Waals surface area contributed by atoms with Gasteiger partial charge in [-0.25, -0.2) is 4.79 Å². The Hall–Kier alpha value is -2.22. The maximum Gasteiger partial charge on any atom is 0.342 e. The molecule has 7 nitrogen and oxygen atoms in total. The van der Waals surface area contributed by atoms with Crippen molar-refractivity contribution in [2.75, 3.05) is 13.7 Å². The molecule has 2 amide bonds. The van der Waals surface area contributed by atoms with Crippen molar-refractivity contribution in [3.63, 3.8) is 0 Å². The number of carbonyl (C=O) groups is 2. The number of urea groups is 1. The summed E-state index contributed by atoms with van der Waals surface area (Å²) in [5.74, 6) is 0.260. The van der Waals surface area contributed by atoms with Crippen LogP contribution in [0.2, 0.25) is 0 Å². The number of primary amides is 1. The lowest BCUT2D eigenvalue weighted by Crippen LogP contribution is -2.24. The zero-order valence-electron chi connectivity index (χ0n) is 12.1. The van der Waals surface area contributed by atoms with E-state index in [1.54, 1.807) is 38.3 Å². The predicted octanol–water partition coefficient (Wildman–Crippen LogP) is 1.87. The first-order chi connectivity index (χ1) is 10.5. The smallest absolute Gasteiger partial charge is 0.342 e. The minimum Gasteiger partial charge on any atom is -0.497 e. The van der Waals surface area contributed by atoms with E-state index in [0.29, 0.717) is 5.75 Å². The zero-order chi connectivity index (χ0) is 16.1. The topological polar surface area (TPSA) is 100 Å². The van der Waals surface area contributed by atoms with Gasteiger partial charge in [0.2, 0.25) is 0 Å². The van der Waals surface area contributed by atoms with Gasteiger partial charge in [0.1, 0.15) is 11.9 Å². The highest BCUT2D eigenvalue weighted by molar-refractivity contribution is 8.15. The van der Waals surface area contributed by atoms with E-state index in [4.69, 9.17) is 19.9 Å². The van der Waals surface area contributed by atoms with Gasteiger partial charge in [-0.15, -0.1) is 0 Å². The Balaban J connectivity index is 2.27. The maximum atomic E-state index is 12.1. The molecule has 22 heavy (non-hydrogen) atoms. The largest absolute Gasteiger partial charge is 0.497 e. The van der Waals surface area contributed by atoms with Gasteiger partial charge in [-0.2, -0.15) is 4.99 Å². The van der Waals surface area contributed by atoms with Crippen LogP contribution in [0, 0.1) is 0 Å². The van der Waals surface area contributed by atoms with E-state index in [1.165, 1.54) is 0 Å².